The summed E-state index contributed by atoms with van der Waals surface area (Å²) in [6, 6.07) is -3.92. The molecule has 1 saturated carbocycles. The summed E-state index contributed by atoms with van der Waals surface area (Å²) in [5, 5.41) is 60.9. The Morgan fingerprint density at radius 1 is 0.667 bits per heavy atom. The fourth-order valence-electron chi connectivity index (χ4n) is 4.45. The lowest BCUT2D eigenvalue weighted by molar-refractivity contribution is -0.318. The van der Waals surface area contributed by atoms with Crippen molar-refractivity contribution >= 4 is 0 Å². The maximum atomic E-state index is 11.0. The van der Waals surface area contributed by atoms with Crippen LogP contribution in [0.5, 0.6) is 0 Å². The van der Waals surface area contributed by atoms with Crippen molar-refractivity contribution in [1.29, 1.82) is 0 Å². The molecule has 0 radical (unpaired) electrons. The molecule has 0 aromatic rings. The molecule has 3 aliphatic rings. The van der Waals surface area contributed by atoms with Crippen LogP contribution in [0.1, 0.15) is 6.42 Å². The second kappa shape index (κ2) is 11.0. The van der Waals surface area contributed by atoms with Crippen LogP contribution < -0.4 is 28.7 Å². The highest BCUT2D eigenvalue weighted by Crippen LogP contribution is 2.30. The van der Waals surface area contributed by atoms with E-state index in [0.29, 0.717) is 0 Å². The van der Waals surface area contributed by atoms with Gasteiger partial charge in [-0.05, 0) is 6.42 Å². The fraction of sp³-hybridized carbons (Fsp3) is 1.00. The molecule has 0 amide bonds. The van der Waals surface area contributed by atoms with Crippen LogP contribution in [0.4, 0.5) is 0 Å². The molecule has 1 aliphatic carbocycles. The second-order valence-electron chi connectivity index (χ2n) is 8.88. The van der Waals surface area contributed by atoms with Gasteiger partial charge in [-0.1, -0.05) is 0 Å². The van der Waals surface area contributed by atoms with E-state index in [1.165, 1.54) is 0 Å². The molecule has 16 N–H and O–H groups in total. The molecule has 0 aromatic heterocycles. The molecule has 0 bridgehead atoms. The van der Waals surface area contributed by atoms with Crippen molar-refractivity contribution in [3.8, 4) is 0 Å². The van der Waals surface area contributed by atoms with Gasteiger partial charge in [0, 0.05) is 18.6 Å². The molecule has 3 fully saturated rings. The minimum atomic E-state index is -1.48. The smallest absolute Gasteiger partial charge is 0.186 e. The van der Waals surface area contributed by atoms with Gasteiger partial charge < -0.3 is 78.3 Å². The SMILES string of the molecule is NCC1O[C@H](O[C@@H]2C(N)C[C@@H](N)C(O[C@H]3OC(CO)[C@@H](O)C(N)C3O)C2O)C(N)C(O)[C@@H]1O. The summed E-state index contributed by atoms with van der Waals surface area (Å²) >= 11 is 0. The van der Waals surface area contributed by atoms with E-state index in [1.54, 1.807) is 0 Å². The molecule has 2 heterocycles. The highest BCUT2D eigenvalue weighted by Gasteiger charge is 2.51. The second-order valence-corrected chi connectivity index (χ2v) is 8.88. The van der Waals surface area contributed by atoms with Gasteiger partial charge in [-0.15, -0.1) is 0 Å². The first-order chi connectivity index (χ1) is 15.5. The normalized spacial score (nSPS) is 53.7. The molecule has 0 aromatic carbocycles. The van der Waals surface area contributed by atoms with Crippen molar-refractivity contribution in [3.63, 3.8) is 0 Å². The Kier molecular flexibility index (Phi) is 8.99. The number of ether oxygens (including phenoxy) is 4. The Labute approximate surface area is 190 Å². The van der Waals surface area contributed by atoms with E-state index in [1.807, 2.05) is 0 Å². The van der Waals surface area contributed by atoms with Gasteiger partial charge in [0.2, 0.25) is 0 Å². The lowest BCUT2D eigenvalue weighted by atomic mass is 9.84. The molecule has 3 rings (SSSR count). The minimum Gasteiger partial charge on any atom is -0.394 e. The molecule has 15 heteroatoms. The minimum absolute atomic E-state index is 0.115. The number of rotatable bonds is 6. The molecule has 15 atom stereocenters. The molecular weight excluding hydrogens is 446 g/mol. The Balaban J connectivity index is 1.72. The first-order valence-electron chi connectivity index (χ1n) is 10.9. The number of hydrogen-bond donors (Lipinski definition) is 11. The quantitative estimate of drug-likeness (QED) is 0.167. The van der Waals surface area contributed by atoms with Crippen molar-refractivity contribution in [2.75, 3.05) is 13.2 Å². The van der Waals surface area contributed by atoms with Crippen molar-refractivity contribution in [2.45, 2.75) is 98.1 Å². The highest BCUT2D eigenvalue weighted by molar-refractivity contribution is 5.01. The lowest BCUT2D eigenvalue weighted by Gasteiger charge is -2.48. The van der Waals surface area contributed by atoms with Crippen LogP contribution in [-0.4, -0.2) is 135 Å². The van der Waals surface area contributed by atoms with E-state index < -0.39 is 98.3 Å². The number of hydrogen-bond acceptors (Lipinski definition) is 15. The van der Waals surface area contributed by atoms with Gasteiger partial charge in [0.05, 0.1) is 18.7 Å². The maximum absolute atomic E-state index is 11.0. The van der Waals surface area contributed by atoms with E-state index in [0.717, 1.165) is 0 Å². The Hall–Kier alpha value is -0.600. The van der Waals surface area contributed by atoms with Gasteiger partial charge in [-0.25, -0.2) is 0 Å². The predicted octanol–water partition coefficient (Wildman–Crippen LogP) is -7.33. The fourth-order valence-corrected chi connectivity index (χ4v) is 4.45. The van der Waals surface area contributed by atoms with Crippen LogP contribution >= 0.6 is 0 Å². The Bertz CT molecular complexity index is 585. The first kappa shape index (κ1) is 27.0. The van der Waals surface area contributed by atoms with Crippen LogP contribution in [0.2, 0.25) is 0 Å². The van der Waals surface area contributed by atoms with Crippen molar-refractivity contribution in [2.24, 2.45) is 28.7 Å². The summed E-state index contributed by atoms with van der Waals surface area (Å²) in [5.74, 6) is 0. The molecule has 2 saturated heterocycles. The van der Waals surface area contributed by atoms with Crippen molar-refractivity contribution in [1.82, 2.24) is 0 Å². The zero-order chi connectivity index (χ0) is 24.6. The first-order valence-corrected chi connectivity index (χ1v) is 10.9. The van der Waals surface area contributed by atoms with Gasteiger partial charge in [-0.3, -0.25) is 0 Å². The standard InChI is InChI=1S/C18H37N5O10/c19-2-6-11(26)12(27)9(23)17(30-6)32-15-4(20)1-5(21)16(14(15)29)33-18-13(28)8(22)10(25)7(3-24)31-18/h4-18,24-29H,1-3,19-23H2/t4?,5-,6?,7?,8?,9?,10-,11-,12?,13?,14?,15-,16?,17-,18-/m1/s1. The summed E-state index contributed by atoms with van der Waals surface area (Å²) in [4.78, 5) is 0. The van der Waals surface area contributed by atoms with E-state index in [-0.39, 0.29) is 13.0 Å². The van der Waals surface area contributed by atoms with Crippen molar-refractivity contribution in [3.05, 3.63) is 0 Å². The third-order valence-corrected chi connectivity index (χ3v) is 6.56. The van der Waals surface area contributed by atoms with Gasteiger partial charge in [-0.2, -0.15) is 0 Å². The average molecular weight is 484 g/mol. The monoisotopic (exact) mass is 483 g/mol. The number of aliphatic hydroxyl groups is 6. The molecule has 0 spiro atoms. The topological polar surface area (TPSA) is 288 Å². The van der Waals surface area contributed by atoms with E-state index in [4.69, 9.17) is 47.6 Å². The van der Waals surface area contributed by atoms with Gasteiger partial charge in [0.1, 0.15) is 54.9 Å². The van der Waals surface area contributed by atoms with Crippen molar-refractivity contribution < 1.29 is 49.6 Å². The molecule has 9 unspecified atom stereocenters. The summed E-state index contributed by atoms with van der Waals surface area (Å²) < 4.78 is 22.5. The van der Waals surface area contributed by atoms with Crippen LogP contribution in [0.3, 0.4) is 0 Å². The number of aliphatic hydroxyl groups excluding tert-OH is 6. The summed E-state index contributed by atoms with van der Waals surface area (Å²) in [7, 11) is 0. The largest absolute Gasteiger partial charge is 0.394 e. The highest BCUT2D eigenvalue weighted by atomic mass is 16.7. The third-order valence-electron chi connectivity index (χ3n) is 6.56. The maximum Gasteiger partial charge on any atom is 0.186 e. The third kappa shape index (κ3) is 5.32. The molecule has 2 aliphatic heterocycles. The summed E-state index contributed by atoms with van der Waals surface area (Å²) in [6.45, 7) is -0.694. The Morgan fingerprint density at radius 3 is 1.76 bits per heavy atom. The van der Waals surface area contributed by atoms with Crippen LogP contribution in [-0.2, 0) is 18.9 Å². The predicted molar refractivity (Wildman–Crippen MR) is 110 cm³/mol. The molecule has 33 heavy (non-hydrogen) atoms. The van der Waals surface area contributed by atoms with Gasteiger partial charge in [0.25, 0.3) is 0 Å². The van der Waals surface area contributed by atoms with Gasteiger partial charge in [0.15, 0.2) is 12.6 Å². The summed E-state index contributed by atoms with van der Waals surface area (Å²) in [6.07, 6.45) is -13.9. The van der Waals surface area contributed by atoms with E-state index in [9.17, 15) is 30.6 Å². The van der Waals surface area contributed by atoms with E-state index >= 15 is 0 Å². The average Bonchev–Trinajstić information content (AvgIpc) is 2.79. The molecule has 15 nitrogen and oxygen atoms in total. The lowest BCUT2D eigenvalue weighted by Crippen LogP contribution is -2.69. The van der Waals surface area contributed by atoms with Gasteiger partial charge >= 0.3 is 0 Å². The molecule has 194 valence electrons. The zero-order valence-corrected chi connectivity index (χ0v) is 18.0. The Morgan fingerprint density at radius 2 is 1.21 bits per heavy atom. The van der Waals surface area contributed by atoms with Crippen LogP contribution in [0.15, 0.2) is 0 Å². The van der Waals surface area contributed by atoms with Crippen LogP contribution in [0.25, 0.3) is 0 Å². The number of nitrogens with two attached hydrogens (primary N) is 5. The summed E-state index contributed by atoms with van der Waals surface area (Å²) in [5.41, 5.74) is 29.6. The molecular formula is C18H37N5O10. The van der Waals surface area contributed by atoms with E-state index in [2.05, 4.69) is 0 Å². The van der Waals surface area contributed by atoms with Crippen LogP contribution in [0, 0.1) is 0 Å². The zero-order valence-electron chi connectivity index (χ0n) is 18.0.